The highest BCUT2D eigenvalue weighted by Crippen LogP contribution is 2.23. The van der Waals surface area contributed by atoms with Crippen molar-refractivity contribution in [3.05, 3.63) is 0 Å². The number of carbonyl (C=O) groups is 3. The van der Waals surface area contributed by atoms with E-state index in [4.69, 9.17) is 9.84 Å². The number of aliphatic carboxylic acids is 1. The Labute approximate surface area is 131 Å². The van der Waals surface area contributed by atoms with Crippen LogP contribution in [0.4, 0.5) is 4.79 Å². The summed E-state index contributed by atoms with van der Waals surface area (Å²) in [5.74, 6) is -1.39. The van der Waals surface area contributed by atoms with E-state index in [0.717, 1.165) is 0 Å². The fourth-order valence-corrected chi connectivity index (χ4v) is 2.51. The average Bonchev–Trinajstić information content (AvgIpc) is 2.86. The van der Waals surface area contributed by atoms with Gasteiger partial charge in [0.1, 0.15) is 17.7 Å². The normalized spacial score (nSPS) is 19.7. The zero-order chi connectivity index (χ0) is 17.1. The van der Waals surface area contributed by atoms with Crippen LogP contribution in [0.3, 0.4) is 0 Å². The number of nitrogens with zero attached hydrogens (tertiary/aromatic N) is 2. The molecule has 1 aliphatic heterocycles. The number of hydrogen-bond acceptors (Lipinski definition) is 4. The van der Waals surface area contributed by atoms with Crippen molar-refractivity contribution in [2.45, 2.75) is 65.1 Å². The molecule has 0 aromatic heterocycles. The lowest BCUT2D eigenvalue weighted by molar-refractivity contribution is -0.151. The van der Waals surface area contributed by atoms with Crippen LogP contribution in [0.5, 0.6) is 0 Å². The zero-order valence-corrected chi connectivity index (χ0v) is 14.0. The van der Waals surface area contributed by atoms with Gasteiger partial charge in [0.15, 0.2) is 0 Å². The smallest absolute Gasteiger partial charge is 0.410 e. The minimum absolute atomic E-state index is 0.283. The molecule has 2 amide bonds. The van der Waals surface area contributed by atoms with E-state index in [0.29, 0.717) is 19.4 Å². The van der Waals surface area contributed by atoms with Crippen LogP contribution >= 0.6 is 0 Å². The van der Waals surface area contributed by atoms with Crippen LogP contribution in [0.15, 0.2) is 0 Å². The molecule has 0 saturated carbocycles. The predicted molar refractivity (Wildman–Crippen MR) is 80.4 cm³/mol. The van der Waals surface area contributed by atoms with Crippen LogP contribution in [-0.4, -0.2) is 63.7 Å². The third-order valence-electron chi connectivity index (χ3n) is 3.61. The largest absolute Gasteiger partial charge is 0.480 e. The Hall–Kier alpha value is -1.79. The van der Waals surface area contributed by atoms with Crippen molar-refractivity contribution in [2.75, 3.05) is 13.1 Å². The van der Waals surface area contributed by atoms with Crippen molar-refractivity contribution in [1.29, 1.82) is 0 Å². The van der Waals surface area contributed by atoms with Gasteiger partial charge in [-0.15, -0.1) is 0 Å². The molecule has 7 nitrogen and oxygen atoms in total. The maximum atomic E-state index is 12.6. The molecule has 1 heterocycles. The van der Waals surface area contributed by atoms with Crippen LogP contribution < -0.4 is 0 Å². The minimum atomic E-state index is -1.06. The van der Waals surface area contributed by atoms with E-state index in [2.05, 4.69) is 0 Å². The van der Waals surface area contributed by atoms with Crippen molar-refractivity contribution in [2.24, 2.45) is 0 Å². The second-order valence-corrected chi connectivity index (χ2v) is 6.47. The van der Waals surface area contributed by atoms with Crippen molar-refractivity contribution in [3.8, 4) is 0 Å². The summed E-state index contributed by atoms with van der Waals surface area (Å²) in [5.41, 5.74) is -0.633. The zero-order valence-electron chi connectivity index (χ0n) is 14.0. The molecule has 126 valence electrons. The van der Waals surface area contributed by atoms with Crippen LogP contribution in [-0.2, 0) is 14.3 Å². The fraction of sp³-hybridized carbons (Fsp3) is 0.800. The first-order chi connectivity index (χ1) is 10.1. The van der Waals surface area contributed by atoms with Crippen molar-refractivity contribution in [3.63, 3.8) is 0 Å². The summed E-state index contributed by atoms with van der Waals surface area (Å²) >= 11 is 0. The molecule has 2 atom stereocenters. The van der Waals surface area contributed by atoms with E-state index in [1.807, 2.05) is 0 Å². The van der Waals surface area contributed by atoms with Gasteiger partial charge in [-0.2, -0.15) is 0 Å². The second kappa shape index (κ2) is 6.98. The van der Waals surface area contributed by atoms with Gasteiger partial charge in [-0.3, -0.25) is 9.69 Å². The van der Waals surface area contributed by atoms with Gasteiger partial charge < -0.3 is 14.7 Å². The van der Waals surface area contributed by atoms with Gasteiger partial charge in [0, 0.05) is 13.1 Å². The first-order valence-electron chi connectivity index (χ1n) is 7.61. The van der Waals surface area contributed by atoms with Crippen LogP contribution in [0, 0.1) is 0 Å². The topological polar surface area (TPSA) is 87.2 Å². The summed E-state index contributed by atoms with van der Waals surface area (Å²) in [6.07, 6.45) is 0.706. The number of carboxylic acids is 1. The van der Waals surface area contributed by atoms with Crippen molar-refractivity contribution >= 4 is 18.0 Å². The monoisotopic (exact) mass is 314 g/mol. The Morgan fingerprint density at radius 2 is 1.95 bits per heavy atom. The van der Waals surface area contributed by atoms with Crippen LogP contribution in [0.2, 0.25) is 0 Å². The molecule has 0 spiro atoms. The molecule has 1 fully saturated rings. The Balaban J connectivity index is 2.86. The fourth-order valence-electron chi connectivity index (χ4n) is 2.51. The number of rotatable bonds is 4. The minimum Gasteiger partial charge on any atom is -0.480 e. The standard InChI is InChI=1S/C15H26N2O5/c1-6-16(10(2)13(19)20)12(18)11-8-7-9-17(11)14(21)22-15(3,4)5/h10-11H,6-9H2,1-5H3,(H,19,20)/t10-,11-/m0/s1. The molecule has 0 aromatic rings. The summed E-state index contributed by atoms with van der Waals surface area (Å²) in [7, 11) is 0. The molecule has 1 rings (SSSR count). The van der Waals surface area contributed by atoms with E-state index in [1.54, 1.807) is 27.7 Å². The Kier molecular flexibility index (Phi) is 5.79. The quantitative estimate of drug-likeness (QED) is 0.853. The van der Waals surface area contributed by atoms with Crippen LogP contribution in [0.1, 0.15) is 47.5 Å². The molecule has 1 aliphatic rings. The van der Waals surface area contributed by atoms with Crippen molar-refractivity contribution < 1.29 is 24.2 Å². The lowest BCUT2D eigenvalue weighted by atomic mass is 10.1. The predicted octanol–water partition coefficient (Wildman–Crippen LogP) is 1.71. The number of likely N-dealkylation sites (N-methyl/N-ethyl adjacent to an activating group) is 1. The molecule has 0 unspecified atom stereocenters. The molecule has 0 radical (unpaired) electrons. The SMILES string of the molecule is CCN(C(=O)[C@@H]1CCCN1C(=O)OC(C)(C)C)[C@@H](C)C(=O)O. The highest BCUT2D eigenvalue weighted by atomic mass is 16.6. The molecular weight excluding hydrogens is 288 g/mol. The lowest BCUT2D eigenvalue weighted by Gasteiger charge is -2.32. The second-order valence-electron chi connectivity index (χ2n) is 6.47. The third-order valence-corrected chi connectivity index (χ3v) is 3.61. The summed E-state index contributed by atoms with van der Waals surface area (Å²) < 4.78 is 5.32. The Morgan fingerprint density at radius 1 is 1.36 bits per heavy atom. The molecule has 1 saturated heterocycles. The number of amides is 2. The number of hydrogen-bond donors (Lipinski definition) is 1. The molecule has 22 heavy (non-hydrogen) atoms. The Bertz CT molecular complexity index is 444. The number of likely N-dealkylation sites (tertiary alicyclic amines) is 1. The van der Waals surface area contributed by atoms with E-state index < -0.39 is 29.7 Å². The summed E-state index contributed by atoms with van der Waals surface area (Å²) in [4.78, 5) is 38.6. The molecule has 1 N–H and O–H groups in total. The number of carbonyl (C=O) groups excluding carboxylic acids is 2. The number of carboxylic acid groups (broad SMARTS) is 1. The van der Waals surface area contributed by atoms with Gasteiger partial charge in [0.05, 0.1) is 0 Å². The Morgan fingerprint density at radius 3 is 2.41 bits per heavy atom. The highest BCUT2D eigenvalue weighted by Gasteiger charge is 2.40. The first kappa shape index (κ1) is 18.3. The van der Waals surface area contributed by atoms with Gasteiger partial charge in [-0.1, -0.05) is 0 Å². The lowest BCUT2D eigenvalue weighted by Crippen LogP contribution is -2.52. The molecule has 7 heteroatoms. The molecule has 0 bridgehead atoms. The first-order valence-corrected chi connectivity index (χ1v) is 7.61. The van der Waals surface area contributed by atoms with Gasteiger partial charge in [0.2, 0.25) is 5.91 Å². The van der Waals surface area contributed by atoms with Crippen molar-refractivity contribution in [1.82, 2.24) is 9.80 Å². The highest BCUT2D eigenvalue weighted by molar-refractivity contribution is 5.89. The average molecular weight is 314 g/mol. The van der Waals surface area contributed by atoms with Gasteiger partial charge >= 0.3 is 12.1 Å². The summed E-state index contributed by atoms with van der Waals surface area (Å²) in [5, 5.41) is 9.10. The molecule has 0 aliphatic carbocycles. The third kappa shape index (κ3) is 4.35. The summed E-state index contributed by atoms with van der Waals surface area (Å²) in [6.45, 7) is 9.23. The number of ether oxygens (including phenoxy) is 1. The van der Waals surface area contributed by atoms with Gasteiger partial charge in [-0.25, -0.2) is 9.59 Å². The van der Waals surface area contributed by atoms with E-state index in [-0.39, 0.29) is 12.5 Å². The summed E-state index contributed by atoms with van der Waals surface area (Å²) in [6, 6.07) is -1.56. The molecular formula is C15H26N2O5. The van der Waals surface area contributed by atoms with E-state index in [9.17, 15) is 14.4 Å². The van der Waals surface area contributed by atoms with Gasteiger partial charge in [-0.05, 0) is 47.5 Å². The van der Waals surface area contributed by atoms with Gasteiger partial charge in [0.25, 0.3) is 0 Å². The maximum absolute atomic E-state index is 12.6. The van der Waals surface area contributed by atoms with Crippen LogP contribution in [0.25, 0.3) is 0 Å². The molecule has 0 aromatic carbocycles. The van der Waals surface area contributed by atoms with E-state index >= 15 is 0 Å². The maximum Gasteiger partial charge on any atom is 0.410 e. The van der Waals surface area contributed by atoms with E-state index in [1.165, 1.54) is 16.7 Å².